The van der Waals surface area contributed by atoms with E-state index in [1.807, 2.05) is 56.3 Å². The van der Waals surface area contributed by atoms with Crippen LogP contribution in [0.5, 0.6) is 5.75 Å². The molecule has 0 fully saturated rings. The number of aryl methyl sites for hydroxylation is 2. The molecule has 0 saturated carbocycles. The summed E-state index contributed by atoms with van der Waals surface area (Å²) in [4.78, 5) is 12.6. The first-order valence-corrected chi connectivity index (χ1v) is 9.22. The molecule has 0 aliphatic heterocycles. The molecule has 0 aliphatic carbocycles. The molecule has 1 radical (unpaired) electrons. The second-order valence-corrected chi connectivity index (χ2v) is 7.08. The van der Waals surface area contributed by atoms with Crippen LogP contribution in [0, 0.1) is 13.8 Å². The number of rotatable bonds is 8. The molecule has 0 aliphatic rings. The van der Waals surface area contributed by atoms with Gasteiger partial charge in [0.2, 0.25) is 0 Å². The van der Waals surface area contributed by atoms with Crippen molar-refractivity contribution in [2.75, 3.05) is 6.61 Å². The average molecular weight is 335 g/mol. The minimum Gasteiger partial charge on any atom is -0.494 e. The summed E-state index contributed by atoms with van der Waals surface area (Å²) < 4.78 is 5.71. The Morgan fingerprint density at radius 1 is 1.00 bits per heavy atom. The van der Waals surface area contributed by atoms with Gasteiger partial charge < -0.3 is 4.74 Å². The molecule has 0 aromatic heterocycles. The maximum Gasteiger partial charge on any atom is 0.186 e. The number of hydrogen-bond acceptors (Lipinski definition) is 2. The molecular formula is C20H25LiO2P. The van der Waals surface area contributed by atoms with Gasteiger partial charge in [-0.15, -0.1) is 0 Å². The Kier molecular flexibility index (Phi) is 9.38. The normalized spacial score (nSPS) is 10.6. The molecule has 2 aromatic rings. The second kappa shape index (κ2) is 10.7. The van der Waals surface area contributed by atoms with Crippen molar-refractivity contribution in [3.8, 4) is 5.75 Å². The van der Waals surface area contributed by atoms with E-state index < -0.39 is 0 Å². The van der Waals surface area contributed by atoms with Crippen molar-refractivity contribution in [1.82, 2.24) is 0 Å². The number of ether oxygens (including phenoxy) is 1. The standard InChI is InChI=1S/C20H25O2P.Li/c1-4-5-6-14-22-17-10-12-18(13-11-17)23-20(21)19-15(2)8-7-9-16(19)3;/h7-13,23H,4-6,14H2,1-3H3;. The van der Waals surface area contributed by atoms with E-state index in [1.165, 1.54) is 12.8 Å². The molecule has 2 nitrogen and oxygen atoms in total. The van der Waals surface area contributed by atoms with Gasteiger partial charge in [0.25, 0.3) is 0 Å². The molecule has 0 saturated heterocycles. The van der Waals surface area contributed by atoms with Crippen LogP contribution in [0.25, 0.3) is 0 Å². The monoisotopic (exact) mass is 335 g/mol. The zero-order valence-electron chi connectivity index (χ0n) is 15.2. The molecule has 0 spiro atoms. The first kappa shape index (κ1) is 21.0. The molecule has 2 rings (SSSR count). The number of benzene rings is 2. The van der Waals surface area contributed by atoms with Crippen molar-refractivity contribution in [2.45, 2.75) is 40.0 Å². The van der Waals surface area contributed by atoms with Crippen molar-refractivity contribution in [1.29, 1.82) is 0 Å². The van der Waals surface area contributed by atoms with Gasteiger partial charge in [0.1, 0.15) is 5.75 Å². The van der Waals surface area contributed by atoms with Crippen molar-refractivity contribution in [2.24, 2.45) is 0 Å². The summed E-state index contributed by atoms with van der Waals surface area (Å²) in [6, 6.07) is 13.9. The van der Waals surface area contributed by atoms with Crippen molar-refractivity contribution < 1.29 is 9.53 Å². The third kappa shape index (κ3) is 6.10. The summed E-state index contributed by atoms with van der Waals surface area (Å²) >= 11 is 0. The Hall–Kier alpha value is -1.06. The maximum atomic E-state index is 12.6. The Labute approximate surface area is 159 Å². The van der Waals surface area contributed by atoms with Crippen molar-refractivity contribution in [3.05, 3.63) is 59.2 Å². The van der Waals surface area contributed by atoms with Gasteiger partial charge in [0, 0.05) is 24.4 Å². The molecule has 123 valence electrons. The van der Waals surface area contributed by atoms with Gasteiger partial charge in [-0.3, -0.25) is 4.79 Å². The average Bonchev–Trinajstić information content (AvgIpc) is 2.53. The Balaban J connectivity index is 0.00000288. The van der Waals surface area contributed by atoms with E-state index in [4.69, 9.17) is 4.74 Å². The summed E-state index contributed by atoms with van der Waals surface area (Å²) in [5.74, 6) is 0.883. The largest absolute Gasteiger partial charge is 0.494 e. The fourth-order valence-electron chi connectivity index (χ4n) is 2.54. The second-order valence-electron chi connectivity index (χ2n) is 5.80. The molecule has 0 heterocycles. The minimum absolute atomic E-state index is 0. The fraction of sp³-hybridized carbons (Fsp3) is 0.350. The third-order valence-electron chi connectivity index (χ3n) is 3.84. The van der Waals surface area contributed by atoms with Gasteiger partial charge in [0.15, 0.2) is 5.52 Å². The predicted octanol–water partition coefficient (Wildman–Crippen LogP) is 4.64. The topological polar surface area (TPSA) is 26.3 Å². The summed E-state index contributed by atoms with van der Waals surface area (Å²) in [7, 11) is 0.153. The van der Waals surface area contributed by atoms with Gasteiger partial charge in [-0.25, -0.2) is 0 Å². The molecule has 1 atom stereocenters. The van der Waals surface area contributed by atoms with Gasteiger partial charge >= 0.3 is 0 Å². The van der Waals surface area contributed by atoms with E-state index in [0.717, 1.165) is 40.8 Å². The zero-order chi connectivity index (χ0) is 16.7. The van der Waals surface area contributed by atoms with Gasteiger partial charge in [-0.2, -0.15) is 0 Å². The van der Waals surface area contributed by atoms with Crippen LogP contribution in [0.4, 0.5) is 0 Å². The quantitative estimate of drug-likeness (QED) is 0.399. The molecule has 2 aromatic carbocycles. The smallest absolute Gasteiger partial charge is 0.186 e. The van der Waals surface area contributed by atoms with Crippen LogP contribution in [-0.4, -0.2) is 31.0 Å². The maximum absolute atomic E-state index is 12.6. The molecule has 0 N–H and O–H groups in total. The molecule has 1 unspecified atom stereocenters. The minimum atomic E-state index is 0. The van der Waals surface area contributed by atoms with E-state index in [1.54, 1.807) is 0 Å². The van der Waals surface area contributed by atoms with E-state index >= 15 is 0 Å². The van der Waals surface area contributed by atoms with Crippen molar-refractivity contribution >= 4 is 38.3 Å². The summed E-state index contributed by atoms with van der Waals surface area (Å²) in [6.45, 7) is 6.94. The fourth-order valence-corrected chi connectivity index (χ4v) is 3.66. The van der Waals surface area contributed by atoms with E-state index in [9.17, 15) is 4.79 Å². The Bertz CT molecular complexity index is 633. The summed E-state index contributed by atoms with van der Waals surface area (Å²) in [5, 5.41) is 1.05. The van der Waals surface area contributed by atoms with Gasteiger partial charge in [0.05, 0.1) is 6.61 Å². The number of hydrogen-bond donors (Lipinski definition) is 0. The third-order valence-corrected chi connectivity index (χ3v) is 4.94. The molecular weight excluding hydrogens is 310 g/mol. The number of unbranched alkanes of at least 4 members (excludes halogenated alkanes) is 2. The van der Waals surface area contributed by atoms with Crippen LogP contribution in [0.2, 0.25) is 0 Å². The van der Waals surface area contributed by atoms with Crippen LogP contribution in [0.1, 0.15) is 47.7 Å². The first-order valence-electron chi connectivity index (χ1n) is 8.22. The van der Waals surface area contributed by atoms with Crippen LogP contribution in [-0.2, 0) is 0 Å². The molecule has 4 heteroatoms. The van der Waals surface area contributed by atoms with Crippen LogP contribution < -0.4 is 10.0 Å². The molecule has 0 amide bonds. The van der Waals surface area contributed by atoms with Crippen LogP contribution in [0.3, 0.4) is 0 Å². The zero-order valence-corrected chi connectivity index (χ0v) is 16.2. The van der Waals surface area contributed by atoms with Crippen LogP contribution >= 0.6 is 8.58 Å². The van der Waals surface area contributed by atoms with E-state index in [-0.39, 0.29) is 33.0 Å². The Morgan fingerprint density at radius 2 is 1.62 bits per heavy atom. The van der Waals surface area contributed by atoms with E-state index in [0.29, 0.717) is 0 Å². The Morgan fingerprint density at radius 3 is 2.21 bits per heavy atom. The van der Waals surface area contributed by atoms with Gasteiger partial charge in [-0.05, 0) is 57.4 Å². The van der Waals surface area contributed by atoms with Crippen molar-refractivity contribution in [3.63, 3.8) is 0 Å². The predicted molar refractivity (Wildman–Crippen MR) is 105 cm³/mol. The van der Waals surface area contributed by atoms with Crippen LogP contribution in [0.15, 0.2) is 42.5 Å². The number of carbonyl (C=O) groups is 1. The van der Waals surface area contributed by atoms with Gasteiger partial charge in [-0.1, -0.05) is 50.1 Å². The first-order chi connectivity index (χ1) is 11.1. The SMILES string of the molecule is CCCCCOc1ccc(PC(=O)c2c(C)cccc2C)cc1.[Li]. The molecule has 24 heavy (non-hydrogen) atoms. The van der Waals surface area contributed by atoms with E-state index in [2.05, 4.69) is 6.92 Å². The number of carbonyl (C=O) groups excluding carboxylic acids is 1. The summed E-state index contributed by atoms with van der Waals surface area (Å²) in [6.07, 6.45) is 3.48. The molecule has 0 bridgehead atoms. The summed E-state index contributed by atoms with van der Waals surface area (Å²) in [5.41, 5.74) is 3.18.